The van der Waals surface area contributed by atoms with Gasteiger partial charge in [0.15, 0.2) is 0 Å². The summed E-state index contributed by atoms with van der Waals surface area (Å²) in [5.41, 5.74) is 8.83. The van der Waals surface area contributed by atoms with Crippen LogP contribution in [-0.4, -0.2) is 32.8 Å². The van der Waals surface area contributed by atoms with Crippen LogP contribution in [0.1, 0.15) is 25.0 Å². The van der Waals surface area contributed by atoms with E-state index < -0.39 is 0 Å². The van der Waals surface area contributed by atoms with Crippen molar-refractivity contribution >= 4 is 0 Å². The van der Waals surface area contributed by atoms with Gasteiger partial charge in [-0.2, -0.15) is 0 Å². The van der Waals surface area contributed by atoms with Gasteiger partial charge in [0.05, 0.1) is 13.2 Å². The molecule has 1 heterocycles. The maximum Gasteiger partial charge on any atom is 0.0569 e. The molecule has 3 N–H and O–H groups in total. The van der Waals surface area contributed by atoms with Crippen LogP contribution < -0.4 is 11.1 Å². The number of ether oxygens (including phenoxy) is 1. The summed E-state index contributed by atoms with van der Waals surface area (Å²) >= 11 is 0. The summed E-state index contributed by atoms with van der Waals surface area (Å²) in [7, 11) is 0. The molecule has 1 fully saturated rings. The average Bonchev–Trinajstić information content (AvgIpc) is 2.32. The molecule has 1 aliphatic rings. The molecule has 0 amide bonds. The van der Waals surface area contributed by atoms with Gasteiger partial charge in [-0.25, -0.2) is 0 Å². The lowest BCUT2D eigenvalue weighted by Crippen LogP contribution is -2.55. The van der Waals surface area contributed by atoms with Gasteiger partial charge in [-0.05, 0) is 12.5 Å². The molecule has 1 saturated heterocycles. The lowest BCUT2D eigenvalue weighted by atomic mass is 9.82. The highest BCUT2D eigenvalue weighted by molar-refractivity contribution is 5.28. The third-order valence-corrected chi connectivity index (χ3v) is 4.12. The predicted molar refractivity (Wildman–Crippen MR) is 79.4 cm³/mol. The SMILES string of the molecule is Cc1cccc(C(C)(C)CNCC2(CN)COC2)c1. The van der Waals surface area contributed by atoms with E-state index in [-0.39, 0.29) is 10.8 Å². The van der Waals surface area contributed by atoms with Gasteiger partial charge in [0, 0.05) is 30.5 Å². The van der Waals surface area contributed by atoms with Crippen molar-refractivity contribution in [3.63, 3.8) is 0 Å². The largest absolute Gasteiger partial charge is 0.380 e. The standard InChI is InChI=1S/C16H26N2O/c1-13-5-4-6-14(7-13)15(2,3)9-18-10-16(8-17)11-19-12-16/h4-7,18H,8-12,17H2,1-3H3. The van der Waals surface area contributed by atoms with Crippen molar-refractivity contribution in [1.29, 1.82) is 0 Å². The Morgan fingerprint density at radius 2 is 2.11 bits per heavy atom. The Bertz CT molecular complexity index is 419. The van der Waals surface area contributed by atoms with Crippen molar-refractivity contribution in [3.8, 4) is 0 Å². The molecule has 0 atom stereocenters. The molecule has 19 heavy (non-hydrogen) atoms. The van der Waals surface area contributed by atoms with E-state index in [2.05, 4.69) is 50.4 Å². The van der Waals surface area contributed by atoms with Gasteiger partial charge >= 0.3 is 0 Å². The summed E-state index contributed by atoms with van der Waals surface area (Å²) in [5, 5.41) is 3.58. The Morgan fingerprint density at radius 3 is 2.63 bits per heavy atom. The van der Waals surface area contributed by atoms with Gasteiger partial charge in [0.25, 0.3) is 0 Å². The molecule has 0 aromatic heterocycles. The fourth-order valence-electron chi connectivity index (χ4n) is 2.49. The van der Waals surface area contributed by atoms with Crippen LogP contribution in [0.25, 0.3) is 0 Å². The van der Waals surface area contributed by atoms with E-state index in [1.165, 1.54) is 11.1 Å². The minimum absolute atomic E-state index is 0.131. The average molecular weight is 262 g/mol. The van der Waals surface area contributed by atoms with Crippen LogP contribution in [0.15, 0.2) is 24.3 Å². The Hall–Kier alpha value is -0.900. The zero-order chi connectivity index (χ0) is 13.9. The first kappa shape index (κ1) is 14.5. The van der Waals surface area contributed by atoms with Gasteiger partial charge in [-0.3, -0.25) is 0 Å². The monoisotopic (exact) mass is 262 g/mol. The summed E-state index contributed by atoms with van der Waals surface area (Å²) in [4.78, 5) is 0. The van der Waals surface area contributed by atoms with Crippen molar-refractivity contribution in [2.75, 3.05) is 32.8 Å². The highest BCUT2D eigenvalue weighted by Gasteiger charge is 2.37. The molecule has 0 radical (unpaired) electrons. The van der Waals surface area contributed by atoms with E-state index in [4.69, 9.17) is 10.5 Å². The third kappa shape index (κ3) is 3.35. The Morgan fingerprint density at radius 1 is 1.37 bits per heavy atom. The number of aryl methyl sites for hydroxylation is 1. The first-order valence-electron chi connectivity index (χ1n) is 7.03. The van der Waals surface area contributed by atoms with Gasteiger partial charge < -0.3 is 15.8 Å². The maximum atomic E-state index is 5.83. The normalized spacial score (nSPS) is 18.1. The quantitative estimate of drug-likeness (QED) is 0.822. The highest BCUT2D eigenvalue weighted by atomic mass is 16.5. The molecular weight excluding hydrogens is 236 g/mol. The molecule has 0 saturated carbocycles. The summed E-state index contributed by atoms with van der Waals surface area (Å²) in [5.74, 6) is 0. The first-order chi connectivity index (χ1) is 8.97. The number of benzene rings is 1. The van der Waals surface area contributed by atoms with E-state index in [0.29, 0.717) is 6.54 Å². The van der Waals surface area contributed by atoms with Crippen LogP contribution in [0.4, 0.5) is 0 Å². The molecule has 106 valence electrons. The van der Waals surface area contributed by atoms with Crippen molar-refractivity contribution in [1.82, 2.24) is 5.32 Å². The molecule has 2 rings (SSSR count). The number of rotatable bonds is 6. The molecule has 1 aromatic rings. The summed E-state index contributed by atoms with van der Waals surface area (Å²) in [6.45, 7) is 10.9. The van der Waals surface area contributed by atoms with Crippen molar-refractivity contribution < 1.29 is 4.74 Å². The van der Waals surface area contributed by atoms with E-state index >= 15 is 0 Å². The minimum Gasteiger partial charge on any atom is -0.380 e. The van der Waals surface area contributed by atoms with Crippen LogP contribution in [0, 0.1) is 12.3 Å². The minimum atomic E-state index is 0.131. The molecule has 0 spiro atoms. The van der Waals surface area contributed by atoms with Crippen LogP contribution in [0.5, 0.6) is 0 Å². The van der Waals surface area contributed by atoms with Crippen LogP contribution in [-0.2, 0) is 10.2 Å². The molecule has 3 heteroatoms. The fraction of sp³-hybridized carbons (Fsp3) is 0.625. The van der Waals surface area contributed by atoms with Crippen LogP contribution in [0.2, 0.25) is 0 Å². The second-order valence-electron chi connectivity index (χ2n) is 6.55. The van der Waals surface area contributed by atoms with E-state index in [0.717, 1.165) is 26.3 Å². The summed E-state index contributed by atoms with van der Waals surface area (Å²) in [6, 6.07) is 8.75. The fourth-order valence-corrected chi connectivity index (χ4v) is 2.49. The summed E-state index contributed by atoms with van der Waals surface area (Å²) in [6.07, 6.45) is 0. The molecule has 0 bridgehead atoms. The zero-order valence-electron chi connectivity index (χ0n) is 12.3. The van der Waals surface area contributed by atoms with Crippen molar-refractivity contribution in [2.45, 2.75) is 26.2 Å². The topological polar surface area (TPSA) is 47.3 Å². The lowest BCUT2D eigenvalue weighted by Gasteiger charge is -2.41. The van der Waals surface area contributed by atoms with Crippen LogP contribution in [0.3, 0.4) is 0 Å². The second-order valence-corrected chi connectivity index (χ2v) is 6.55. The summed E-state index contributed by atoms with van der Waals surface area (Å²) < 4.78 is 5.29. The number of hydrogen-bond acceptors (Lipinski definition) is 3. The zero-order valence-corrected chi connectivity index (χ0v) is 12.3. The number of nitrogens with two attached hydrogens (primary N) is 1. The van der Waals surface area contributed by atoms with Gasteiger partial charge in [-0.15, -0.1) is 0 Å². The Labute approximate surface area is 116 Å². The van der Waals surface area contributed by atoms with Gasteiger partial charge in [-0.1, -0.05) is 43.7 Å². The molecule has 0 aliphatic carbocycles. The smallest absolute Gasteiger partial charge is 0.0569 e. The predicted octanol–water partition coefficient (Wildman–Crippen LogP) is 1.84. The molecular formula is C16H26N2O. The molecule has 0 unspecified atom stereocenters. The van der Waals surface area contributed by atoms with E-state index in [1.807, 2.05) is 0 Å². The molecule has 3 nitrogen and oxygen atoms in total. The highest BCUT2D eigenvalue weighted by Crippen LogP contribution is 2.26. The van der Waals surface area contributed by atoms with Crippen LogP contribution >= 0.6 is 0 Å². The van der Waals surface area contributed by atoms with Gasteiger partial charge in [0.2, 0.25) is 0 Å². The molecule has 1 aromatic carbocycles. The number of nitrogens with one attached hydrogen (secondary N) is 1. The van der Waals surface area contributed by atoms with Crippen molar-refractivity contribution in [2.24, 2.45) is 11.1 Å². The van der Waals surface area contributed by atoms with E-state index in [9.17, 15) is 0 Å². The first-order valence-corrected chi connectivity index (χ1v) is 7.03. The second kappa shape index (κ2) is 5.61. The third-order valence-electron chi connectivity index (χ3n) is 4.12. The maximum absolute atomic E-state index is 5.83. The Kier molecular flexibility index (Phi) is 4.29. The van der Waals surface area contributed by atoms with Gasteiger partial charge in [0.1, 0.15) is 0 Å². The number of hydrogen-bond donors (Lipinski definition) is 2. The lowest BCUT2D eigenvalue weighted by molar-refractivity contribution is -0.105. The Balaban J connectivity index is 1.90. The van der Waals surface area contributed by atoms with Crippen molar-refractivity contribution in [3.05, 3.63) is 35.4 Å². The van der Waals surface area contributed by atoms with E-state index in [1.54, 1.807) is 0 Å². The molecule has 1 aliphatic heterocycles.